The van der Waals surface area contributed by atoms with Crippen LogP contribution in [0.5, 0.6) is 0 Å². The molecule has 9 heteroatoms. The van der Waals surface area contributed by atoms with Crippen LogP contribution in [0, 0.1) is 6.92 Å². The Labute approximate surface area is 141 Å². The zero-order valence-corrected chi connectivity index (χ0v) is 13.7. The molecule has 1 amide bonds. The summed E-state index contributed by atoms with van der Waals surface area (Å²) in [5, 5.41) is 15.1. The van der Waals surface area contributed by atoms with E-state index in [1.807, 2.05) is 6.92 Å². The summed E-state index contributed by atoms with van der Waals surface area (Å²) in [5.41, 5.74) is 1.68. The van der Waals surface area contributed by atoms with Gasteiger partial charge in [-0.25, -0.2) is 0 Å². The van der Waals surface area contributed by atoms with Crippen LogP contribution in [0.4, 0.5) is 6.01 Å². The second-order valence-corrected chi connectivity index (χ2v) is 5.69. The van der Waals surface area contributed by atoms with Crippen LogP contribution < -0.4 is 5.32 Å². The third-order valence-corrected chi connectivity index (χ3v) is 3.54. The smallest absolute Gasteiger partial charge is 0.322 e. The predicted molar refractivity (Wildman–Crippen MR) is 85.7 cm³/mol. The Kier molecular flexibility index (Phi) is 4.06. The third-order valence-electron chi connectivity index (χ3n) is 3.10. The molecular formula is C14H11Cl2N5O2. The van der Waals surface area contributed by atoms with Crippen molar-refractivity contribution in [3.63, 3.8) is 0 Å². The number of hydrogen-bond acceptors (Lipinski definition) is 5. The lowest BCUT2D eigenvalue weighted by Gasteiger charge is -1.98. The molecule has 0 radical (unpaired) electrons. The van der Waals surface area contributed by atoms with Gasteiger partial charge in [0.15, 0.2) is 5.69 Å². The number of halogens is 2. The number of hydrogen-bond donors (Lipinski definition) is 1. The van der Waals surface area contributed by atoms with Gasteiger partial charge in [-0.1, -0.05) is 28.3 Å². The molecule has 1 aromatic carbocycles. The van der Waals surface area contributed by atoms with Gasteiger partial charge in [0.05, 0.1) is 0 Å². The van der Waals surface area contributed by atoms with E-state index in [1.54, 1.807) is 36.0 Å². The molecule has 3 aromatic rings. The van der Waals surface area contributed by atoms with Crippen LogP contribution in [0.1, 0.15) is 16.2 Å². The van der Waals surface area contributed by atoms with Gasteiger partial charge < -0.3 is 4.42 Å². The van der Waals surface area contributed by atoms with Crippen LogP contribution in [-0.4, -0.2) is 25.9 Å². The minimum absolute atomic E-state index is 0.0376. The number of anilines is 1. The number of rotatable bonds is 3. The predicted octanol–water partition coefficient (Wildman–Crippen LogP) is 3.34. The summed E-state index contributed by atoms with van der Waals surface area (Å²) in [5.74, 6) is -0.241. The highest BCUT2D eigenvalue weighted by atomic mass is 35.5. The van der Waals surface area contributed by atoms with Crippen molar-refractivity contribution in [2.45, 2.75) is 6.92 Å². The topological polar surface area (TPSA) is 85.8 Å². The molecule has 0 aliphatic rings. The van der Waals surface area contributed by atoms with Gasteiger partial charge in [-0.2, -0.15) is 5.10 Å². The Balaban J connectivity index is 1.80. The summed E-state index contributed by atoms with van der Waals surface area (Å²) >= 11 is 11.9. The first kappa shape index (κ1) is 15.5. The molecule has 7 nitrogen and oxygen atoms in total. The fraction of sp³-hybridized carbons (Fsp3) is 0.143. The monoisotopic (exact) mass is 351 g/mol. The first-order valence-electron chi connectivity index (χ1n) is 6.54. The second-order valence-electron chi connectivity index (χ2n) is 4.82. The molecule has 0 aliphatic carbocycles. The first-order valence-corrected chi connectivity index (χ1v) is 7.30. The molecule has 0 atom stereocenters. The van der Waals surface area contributed by atoms with Crippen LogP contribution >= 0.6 is 23.2 Å². The molecule has 3 rings (SSSR count). The van der Waals surface area contributed by atoms with Gasteiger partial charge >= 0.3 is 6.01 Å². The van der Waals surface area contributed by atoms with Crippen molar-refractivity contribution < 1.29 is 9.21 Å². The number of aromatic nitrogens is 4. The van der Waals surface area contributed by atoms with Crippen molar-refractivity contribution in [1.82, 2.24) is 20.0 Å². The van der Waals surface area contributed by atoms with Crippen molar-refractivity contribution in [1.29, 1.82) is 0 Å². The quantitative estimate of drug-likeness (QED) is 0.781. The van der Waals surface area contributed by atoms with Crippen molar-refractivity contribution in [2.24, 2.45) is 7.05 Å². The molecule has 0 bridgehead atoms. The highest BCUT2D eigenvalue weighted by molar-refractivity contribution is 6.35. The number of carbonyl (C=O) groups is 1. The Morgan fingerprint density at radius 1 is 1.17 bits per heavy atom. The maximum atomic E-state index is 12.1. The van der Waals surface area contributed by atoms with E-state index in [9.17, 15) is 4.79 Å². The Morgan fingerprint density at radius 3 is 2.48 bits per heavy atom. The number of nitrogens with one attached hydrogen (secondary N) is 1. The second kappa shape index (κ2) is 6.02. The largest absolute Gasteiger partial charge is 0.403 e. The Hall–Kier alpha value is -2.38. The summed E-state index contributed by atoms with van der Waals surface area (Å²) in [6, 6.07) is 6.48. The van der Waals surface area contributed by atoms with E-state index in [4.69, 9.17) is 27.6 Å². The van der Waals surface area contributed by atoms with Crippen LogP contribution in [0.25, 0.3) is 11.5 Å². The molecule has 0 fully saturated rings. The molecule has 118 valence electrons. The minimum Gasteiger partial charge on any atom is -0.403 e. The minimum atomic E-state index is -0.437. The normalized spacial score (nSPS) is 10.8. The van der Waals surface area contributed by atoms with Gasteiger partial charge in [-0.05, 0) is 31.2 Å². The molecular weight excluding hydrogens is 341 g/mol. The van der Waals surface area contributed by atoms with E-state index in [0.29, 0.717) is 15.6 Å². The van der Waals surface area contributed by atoms with Crippen LogP contribution in [0.15, 0.2) is 28.7 Å². The van der Waals surface area contributed by atoms with Gasteiger partial charge in [0.2, 0.25) is 5.89 Å². The average molecular weight is 352 g/mol. The lowest BCUT2D eigenvalue weighted by molar-refractivity contribution is 0.101. The molecule has 1 N–H and O–H groups in total. The average Bonchev–Trinajstić information content (AvgIpc) is 3.06. The maximum Gasteiger partial charge on any atom is 0.322 e. The summed E-state index contributed by atoms with van der Waals surface area (Å²) in [4.78, 5) is 12.1. The van der Waals surface area contributed by atoms with Crippen molar-refractivity contribution in [3.8, 4) is 11.5 Å². The highest BCUT2D eigenvalue weighted by Crippen LogP contribution is 2.27. The summed E-state index contributed by atoms with van der Waals surface area (Å²) in [7, 11) is 1.75. The maximum absolute atomic E-state index is 12.1. The lowest BCUT2D eigenvalue weighted by atomic mass is 10.2. The third kappa shape index (κ3) is 3.35. The summed E-state index contributed by atoms with van der Waals surface area (Å²) < 4.78 is 7.00. The standard InChI is InChI=1S/C14H11Cl2N5O2/c1-7-3-11(20-21(7)2)12(22)17-14-19-18-13(23-14)8-4-9(15)6-10(16)5-8/h3-6H,1-2H3,(H,17,19,22). The molecule has 0 saturated carbocycles. The zero-order valence-electron chi connectivity index (χ0n) is 12.2. The molecule has 2 heterocycles. The van der Waals surface area contributed by atoms with Crippen molar-refractivity contribution in [3.05, 3.63) is 45.7 Å². The zero-order chi connectivity index (χ0) is 16.6. The van der Waals surface area contributed by atoms with Gasteiger partial charge in [-0.15, -0.1) is 5.10 Å². The number of aryl methyl sites for hydroxylation is 2. The summed E-state index contributed by atoms with van der Waals surface area (Å²) in [6.45, 7) is 1.84. The van der Waals surface area contributed by atoms with Gasteiger partial charge in [0.1, 0.15) is 0 Å². The lowest BCUT2D eigenvalue weighted by Crippen LogP contribution is -2.13. The van der Waals surface area contributed by atoms with E-state index >= 15 is 0 Å². The van der Waals surface area contributed by atoms with E-state index in [-0.39, 0.29) is 17.6 Å². The summed E-state index contributed by atoms with van der Waals surface area (Å²) in [6.07, 6.45) is 0. The number of nitrogens with zero attached hydrogens (tertiary/aromatic N) is 4. The molecule has 23 heavy (non-hydrogen) atoms. The van der Waals surface area contributed by atoms with Crippen molar-refractivity contribution in [2.75, 3.05) is 5.32 Å². The van der Waals surface area contributed by atoms with Gasteiger partial charge in [0, 0.05) is 28.4 Å². The first-order chi connectivity index (χ1) is 10.9. The molecule has 2 aromatic heterocycles. The van der Waals surface area contributed by atoms with Crippen LogP contribution in [0.2, 0.25) is 10.0 Å². The van der Waals surface area contributed by atoms with E-state index in [1.165, 1.54) is 0 Å². The highest BCUT2D eigenvalue weighted by Gasteiger charge is 2.16. The Morgan fingerprint density at radius 2 is 1.87 bits per heavy atom. The molecule has 0 unspecified atom stereocenters. The van der Waals surface area contributed by atoms with Gasteiger partial charge in [-0.3, -0.25) is 14.8 Å². The van der Waals surface area contributed by atoms with E-state index in [2.05, 4.69) is 20.6 Å². The van der Waals surface area contributed by atoms with Crippen LogP contribution in [-0.2, 0) is 7.05 Å². The van der Waals surface area contributed by atoms with Gasteiger partial charge in [0.25, 0.3) is 5.91 Å². The number of benzene rings is 1. The molecule has 0 aliphatic heterocycles. The SMILES string of the molecule is Cc1cc(C(=O)Nc2nnc(-c3cc(Cl)cc(Cl)c3)o2)nn1C. The number of amides is 1. The molecule has 0 saturated heterocycles. The molecule has 0 spiro atoms. The van der Waals surface area contributed by atoms with Crippen molar-refractivity contribution >= 4 is 35.1 Å². The fourth-order valence-corrected chi connectivity index (χ4v) is 2.43. The van der Waals surface area contributed by atoms with Crippen LogP contribution in [0.3, 0.4) is 0 Å². The van der Waals surface area contributed by atoms with E-state index in [0.717, 1.165) is 5.69 Å². The Bertz CT molecular complexity index is 847. The fourth-order valence-electron chi connectivity index (χ4n) is 1.90. The van der Waals surface area contributed by atoms with E-state index < -0.39 is 5.91 Å². The number of carbonyl (C=O) groups excluding carboxylic acids is 1.